The average Bonchev–Trinajstić information content (AvgIpc) is 2.75. The lowest BCUT2D eigenvalue weighted by molar-refractivity contribution is -0.385. The van der Waals surface area contributed by atoms with Gasteiger partial charge in [-0.2, -0.15) is 0 Å². The predicted molar refractivity (Wildman–Crippen MR) is 63.0 cm³/mol. The second-order valence-electron chi connectivity index (χ2n) is 3.09. The minimum atomic E-state index is -0.503. The van der Waals surface area contributed by atoms with E-state index in [4.69, 9.17) is 10.5 Å². The smallest absolute Gasteiger partial charge is 0.310 e. The molecule has 0 fully saturated rings. The Labute approximate surface area is 100 Å². The van der Waals surface area contributed by atoms with Crippen molar-refractivity contribution in [1.82, 2.24) is 10.2 Å². The van der Waals surface area contributed by atoms with E-state index in [0.717, 1.165) is 0 Å². The topological polar surface area (TPSA) is 104 Å². The lowest BCUT2D eigenvalue weighted by atomic mass is 10.2. The monoisotopic (exact) mass is 252 g/mol. The summed E-state index contributed by atoms with van der Waals surface area (Å²) in [5.74, 6) is 0.182. The van der Waals surface area contributed by atoms with Crippen LogP contribution in [0.2, 0.25) is 0 Å². The first-order chi connectivity index (χ1) is 8.11. The molecule has 0 atom stereocenters. The van der Waals surface area contributed by atoms with E-state index in [1.807, 2.05) is 0 Å². The number of nitro groups is 1. The van der Waals surface area contributed by atoms with Crippen LogP contribution in [0.1, 0.15) is 0 Å². The number of hydrogen-bond acceptors (Lipinski definition) is 7. The molecule has 2 aromatic rings. The zero-order chi connectivity index (χ0) is 12.4. The van der Waals surface area contributed by atoms with Gasteiger partial charge in [-0.05, 0) is 12.1 Å². The molecule has 1 heterocycles. The highest BCUT2D eigenvalue weighted by Crippen LogP contribution is 2.33. The summed E-state index contributed by atoms with van der Waals surface area (Å²) in [6.45, 7) is 0. The van der Waals surface area contributed by atoms with Crippen LogP contribution in [-0.4, -0.2) is 22.2 Å². The van der Waals surface area contributed by atoms with Gasteiger partial charge >= 0.3 is 5.69 Å². The second-order valence-corrected chi connectivity index (χ2v) is 4.10. The van der Waals surface area contributed by atoms with Crippen molar-refractivity contribution in [1.29, 1.82) is 0 Å². The van der Waals surface area contributed by atoms with Crippen LogP contribution in [0.25, 0.3) is 10.6 Å². The highest BCUT2D eigenvalue weighted by Gasteiger charge is 2.16. The van der Waals surface area contributed by atoms with E-state index >= 15 is 0 Å². The van der Waals surface area contributed by atoms with Crippen molar-refractivity contribution >= 4 is 22.2 Å². The summed E-state index contributed by atoms with van der Waals surface area (Å²) in [7, 11) is 1.38. The molecular weight excluding hydrogens is 244 g/mol. The lowest BCUT2D eigenvalue weighted by Gasteiger charge is -2.02. The molecule has 0 aliphatic rings. The van der Waals surface area contributed by atoms with Crippen LogP contribution in [0.3, 0.4) is 0 Å². The van der Waals surface area contributed by atoms with Gasteiger partial charge in [0.1, 0.15) is 5.01 Å². The van der Waals surface area contributed by atoms with Gasteiger partial charge in [-0.25, -0.2) is 0 Å². The first kappa shape index (κ1) is 11.3. The number of ether oxygens (including phenoxy) is 1. The molecule has 0 amide bonds. The average molecular weight is 252 g/mol. The van der Waals surface area contributed by atoms with Gasteiger partial charge in [-0.1, -0.05) is 11.3 Å². The van der Waals surface area contributed by atoms with E-state index in [1.165, 1.54) is 30.6 Å². The normalized spacial score (nSPS) is 10.2. The third-order valence-corrected chi connectivity index (χ3v) is 2.87. The standard InChI is InChI=1S/C9H8N4O3S/c1-16-7-4-5(2-3-6(7)13(14)15)8-11-12-9(10)17-8/h2-4H,1H3,(H2,10,12). The fourth-order valence-corrected chi connectivity index (χ4v) is 1.92. The Morgan fingerprint density at radius 1 is 1.47 bits per heavy atom. The Hall–Kier alpha value is -2.22. The largest absolute Gasteiger partial charge is 0.490 e. The quantitative estimate of drug-likeness (QED) is 0.658. The number of methoxy groups -OCH3 is 1. The van der Waals surface area contributed by atoms with Crippen LogP contribution in [0.4, 0.5) is 10.8 Å². The third-order valence-electron chi connectivity index (χ3n) is 2.06. The summed E-state index contributed by atoms with van der Waals surface area (Å²) in [5, 5.41) is 19.2. The first-order valence-corrected chi connectivity index (χ1v) is 5.35. The van der Waals surface area contributed by atoms with E-state index < -0.39 is 4.92 Å². The number of nitro benzene ring substituents is 1. The highest BCUT2D eigenvalue weighted by atomic mass is 32.1. The highest BCUT2D eigenvalue weighted by molar-refractivity contribution is 7.18. The van der Waals surface area contributed by atoms with E-state index in [1.54, 1.807) is 6.07 Å². The molecule has 0 aliphatic carbocycles. The van der Waals surface area contributed by atoms with E-state index in [9.17, 15) is 10.1 Å². The van der Waals surface area contributed by atoms with Crippen molar-refractivity contribution in [3.8, 4) is 16.3 Å². The van der Waals surface area contributed by atoms with Crippen molar-refractivity contribution in [2.24, 2.45) is 0 Å². The molecule has 88 valence electrons. The van der Waals surface area contributed by atoms with Crippen molar-refractivity contribution < 1.29 is 9.66 Å². The van der Waals surface area contributed by atoms with Gasteiger partial charge in [0.2, 0.25) is 5.13 Å². The number of rotatable bonds is 3. The molecule has 7 nitrogen and oxygen atoms in total. The van der Waals surface area contributed by atoms with E-state index in [0.29, 0.717) is 15.7 Å². The fourth-order valence-electron chi connectivity index (χ4n) is 1.31. The van der Waals surface area contributed by atoms with Crippen molar-refractivity contribution in [3.63, 3.8) is 0 Å². The molecule has 0 saturated heterocycles. The molecule has 0 saturated carbocycles. The zero-order valence-corrected chi connectivity index (χ0v) is 9.60. The van der Waals surface area contributed by atoms with Crippen molar-refractivity contribution in [2.45, 2.75) is 0 Å². The minimum Gasteiger partial charge on any atom is -0.490 e. The zero-order valence-electron chi connectivity index (χ0n) is 8.78. The number of nitrogens with two attached hydrogens (primary N) is 1. The minimum absolute atomic E-state index is 0.0891. The Kier molecular flexibility index (Phi) is 2.88. The van der Waals surface area contributed by atoms with Gasteiger partial charge in [0.05, 0.1) is 12.0 Å². The molecule has 17 heavy (non-hydrogen) atoms. The molecule has 2 rings (SSSR count). The molecule has 2 N–H and O–H groups in total. The Balaban J connectivity index is 2.48. The number of hydrogen-bond donors (Lipinski definition) is 1. The molecule has 1 aromatic heterocycles. The Bertz CT molecular complexity index is 569. The van der Waals surface area contributed by atoms with Crippen LogP contribution >= 0.6 is 11.3 Å². The summed E-state index contributed by atoms with van der Waals surface area (Å²) < 4.78 is 4.96. The molecule has 0 aliphatic heterocycles. The maximum atomic E-state index is 10.7. The number of anilines is 1. The summed E-state index contributed by atoms with van der Waals surface area (Å²) in [4.78, 5) is 10.2. The van der Waals surface area contributed by atoms with Crippen LogP contribution < -0.4 is 10.5 Å². The van der Waals surface area contributed by atoms with Gasteiger partial charge in [0, 0.05) is 11.6 Å². The van der Waals surface area contributed by atoms with Gasteiger partial charge in [0.25, 0.3) is 0 Å². The summed E-state index contributed by atoms with van der Waals surface area (Å²) in [5.41, 5.74) is 6.06. The molecule has 0 bridgehead atoms. The molecule has 0 radical (unpaired) electrons. The van der Waals surface area contributed by atoms with Gasteiger partial charge < -0.3 is 10.5 Å². The van der Waals surface area contributed by atoms with Crippen LogP contribution in [0.5, 0.6) is 5.75 Å². The Morgan fingerprint density at radius 3 is 2.76 bits per heavy atom. The lowest BCUT2D eigenvalue weighted by Crippen LogP contribution is -1.93. The van der Waals surface area contributed by atoms with E-state index in [2.05, 4.69) is 10.2 Å². The molecular formula is C9H8N4O3S. The van der Waals surface area contributed by atoms with Gasteiger partial charge in [-0.15, -0.1) is 10.2 Å². The van der Waals surface area contributed by atoms with Gasteiger partial charge in [0.15, 0.2) is 5.75 Å². The number of benzene rings is 1. The summed E-state index contributed by atoms with van der Waals surface area (Å²) in [6, 6.07) is 4.49. The number of aromatic nitrogens is 2. The third kappa shape index (κ3) is 2.16. The van der Waals surface area contributed by atoms with Crippen LogP contribution in [0.15, 0.2) is 18.2 Å². The van der Waals surface area contributed by atoms with Crippen LogP contribution in [-0.2, 0) is 0 Å². The van der Waals surface area contributed by atoms with E-state index in [-0.39, 0.29) is 11.4 Å². The van der Waals surface area contributed by atoms with Gasteiger partial charge in [-0.3, -0.25) is 10.1 Å². The fraction of sp³-hybridized carbons (Fsp3) is 0.111. The van der Waals surface area contributed by atoms with Crippen LogP contribution in [0, 0.1) is 10.1 Å². The molecule has 0 unspecified atom stereocenters. The SMILES string of the molecule is COc1cc(-c2nnc(N)s2)ccc1[N+](=O)[O-]. The Morgan fingerprint density at radius 2 is 2.24 bits per heavy atom. The molecule has 8 heteroatoms. The molecule has 1 aromatic carbocycles. The van der Waals surface area contributed by atoms with Crippen molar-refractivity contribution in [3.05, 3.63) is 28.3 Å². The summed E-state index contributed by atoms with van der Waals surface area (Å²) >= 11 is 1.20. The second kappa shape index (κ2) is 4.34. The van der Waals surface area contributed by atoms with Crippen molar-refractivity contribution in [2.75, 3.05) is 12.8 Å². The maximum absolute atomic E-state index is 10.7. The summed E-state index contributed by atoms with van der Waals surface area (Å²) in [6.07, 6.45) is 0. The predicted octanol–water partition coefficient (Wildman–Crippen LogP) is 1.70. The number of nitrogen functional groups attached to an aromatic ring is 1. The number of nitrogens with zero attached hydrogens (tertiary/aromatic N) is 3. The maximum Gasteiger partial charge on any atom is 0.310 e. The first-order valence-electron chi connectivity index (χ1n) is 4.53. The molecule has 0 spiro atoms.